The van der Waals surface area contributed by atoms with E-state index in [1.807, 2.05) is 34.1 Å². The fourth-order valence-corrected chi connectivity index (χ4v) is 3.88. The Morgan fingerprint density at radius 1 is 0.793 bits per heavy atom. The first-order chi connectivity index (χ1) is 14.2. The number of nitrogens with zero attached hydrogens (tertiary/aromatic N) is 4. The van der Waals surface area contributed by atoms with Crippen molar-refractivity contribution in [3.63, 3.8) is 0 Å². The van der Waals surface area contributed by atoms with E-state index in [1.165, 1.54) is 0 Å². The molecule has 29 heavy (non-hydrogen) atoms. The predicted molar refractivity (Wildman–Crippen MR) is 110 cm³/mol. The SMILES string of the molecule is COc1ccc(N2CCN(C(=O)c3cccc(C(=O)N4CCCC4)n3)CC2)cc1. The Balaban J connectivity index is 1.39. The Hall–Kier alpha value is -3.09. The molecule has 0 atom stereocenters. The molecule has 7 nitrogen and oxygen atoms in total. The molecule has 0 radical (unpaired) electrons. The number of pyridine rings is 1. The number of hydrogen-bond acceptors (Lipinski definition) is 5. The van der Waals surface area contributed by atoms with Gasteiger partial charge in [0.1, 0.15) is 17.1 Å². The number of carbonyl (C=O) groups excluding carboxylic acids is 2. The van der Waals surface area contributed by atoms with Gasteiger partial charge in [0, 0.05) is 45.0 Å². The van der Waals surface area contributed by atoms with Gasteiger partial charge >= 0.3 is 0 Å². The quantitative estimate of drug-likeness (QED) is 0.796. The van der Waals surface area contributed by atoms with E-state index in [0.29, 0.717) is 24.5 Å². The maximum Gasteiger partial charge on any atom is 0.272 e. The normalized spacial score (nSPS) is 16.8. The third-order valence-electron chi connectivity index (χ3n) is 5.59. The van der Waals surface area contributed by atoms with Crippen LogP contribution in [0.2, 0.25) is 0 Å². The number of aromatic nitrogens is 1. The molecule has 2 saturated heterocycles. The van der Waals surface area contributed by atoms with Gasteiger partial charge in [0.15, 0.2) is 0 Å². The third-order valence-corrected chi connectivity index (χ3v) is 5.59. The first-order valence-corrected chi connectivity index (χ1v) is 10.1. The molecule has 2 fully saturated rings. The molecule has 0 unspecified atom stereocenters. The van der Waals surface area contributed by atoms with Crippen molar-refractivity contribution in [1.82, 2.24) is 14.8 Å². The van der Waals surface area contributed by atoms with Gasteiger partial charge in [-0.05, 0) is 49.2 Å². The zero-order chi connectivity index (χ0) is 20.2. The van der Waals surface area contributed by atoms with Gasteiger partial charge in [-0.1, -0.05) is 6.07 Å². The molecule has 2 aliphatic heterocycles. The van der Waals surface area contributed by atoms with Crippen LogP contribution in [0.1, 0.15) is 33.8 Å². The number of anilines is 1. The molecule has 2 aliphatic rings. The van der Waals surface area contributed by atoms with Crippen molar-refractivity contribution in [2.75, 3.05) is 51.3 Å². The first kappa shape index (κ1) is 19.2. The molecule has 1 aromatic carbocycles. The molecule has 0 N–H and O–H groups in total. The fourth-order valence-electron chi connectivity index (χ4n) is 3.88. The van der Waals surface area contributed by atoms with E-state index in [0.717, 1.165) is 50.5 Å². The van der Waals surface area contributed by atoms with Crippen LogP contribution in [0.5, 0.6) is 5.75 Å². The van der Waals surface area contributed by atoms with Gasteiger partial charge in [-0.15, -0.1) is 0 Å². The molecule has 0 spiro atoms. The highest BCUT2D eigenvalue weighted by Gasteiger charge is 2.25. The number of likely N-dealkylation sites (tertiary alicyclic amines) is 1. The van der Waals surface area contributed by atoms with Crippen molar-refractivity contribution < 1.29 is 14.3 Å². The number of piperazine rings is 1. The van der Waals surface area contributed by atoms with Crippen LogP contribution >= 0.6 is 0 Å². The van der Waals surface area contributed by atoms with Crippen molar-refractivity contribution in [2.24, 2.45) is 0 Å². The molecule has 1 aromatic heterocycles. The lowest BCUT2D eigenvalue weighted by Gasteiger charge is -2.36. The summed E-state index contributed by atoms with van der Waals surface area (Å²) in [6.45, 7) is 4.29. The highest BCUT2D eigenvalue weighted by Crippen LogP contribution is 2.21. The van der Waals surface area contributed by atoms with Crippen LogP contribution in [0.4, 0.5) is 5.69 Å². The molecule has 0 saturated carbocycles. The predicted octanol–water partition coefficient (Wildman–Crippen LogP) is 2.29. The maximum absolute atomic E-state index is 12.9. The molecule has 152 valence electrons. The Morgan fingerprint density at radius 2 is 1.34 bits per heavy atom. The van der Waals surface area contributed by atoms with Crippen LogP contribution in [-0.2, 0) is 0 Å². The minimum absolute atomic E-state index is 0.0820. The summed E-state index contributed by atoms with van der Waals surface area (Å²) in [5, 5.41) is 0. The second-order valence-corrected chi connectivity index (χ2v) is 7.38. The number of ether oxygens (including phenoxy) is 1. The first-order valence-electron chi connectivity index (χ1n) is 10.1. The summed E-state index contributed by atoms with van der Waals surface area (Å²) >= 11 is 0. The molecular weight excluding hydrogens is 368 g/mol. The van der Waals surface area contributed by atoms with Crippen molar-refractivity contribution in [1.29, 1.82) is 0 Å². The van der Waals surface area contributed by atoms with Crippen LogP contribution in [0.3, 0.4) is 0 Å². The van der Waals surface area contributed by atoms with Crippen molar-refractivity contribution in [3.8, 4) is 5.75 Å². The summed E-state index contributed by atoms with van der Waals surface area (Å²) < 4.78 is 5.21. The van der Waals surface area contributed by atoms with E-state index in [9.17, 15) is 9.59 Å². The van der Waals surface area contributed by atoms with E-state index in [1.54, 1.807) is 25.3 Å². The average Bonchev–Trinajstić information content (AvgIpc) is 3.33. The fraction of sp³-hybridized carbons (Fsp3) is 0.409. The Morgan fingerprint density at radius 3 is 1.90 bits per heavy atom. The molecule has 0 aliphatic carbocycles. The highest BCUT2D eigenvalue weighted by atomic mass is 16.5. The second-order valence-electron chi connectivity index (χ2n) is 7.38. The molecule has 3 heterocycles. The van der Waals surface area contributed by atoms with Crippen LogP contribution in [-0.4, -0.2) is 73.0 Å². The van der Waals surface area contributed by atoms with Gasteiger partial charge < -0.3 is 19.4 Å². The lowest BCUT2D eigenvalue weighted by atomic mass is 10.2. The zero-order valence-electron chi connectivity index (χ0n) is 16.7. The van der Waals surface area contributed by atoms with E-state index in [-0.39, 0.29) is 11.8 Å². The maximum atomic E-state index is 12.9. The zero-order valence-corrected chi connectivity index (χ0v) is 16.7. The largest absolute Gasteiger partial charge is 0.497 e. The van der Waals surface area contributed by atoms with Gasteiger partial charge in [-0.3, -0.25) is 9.59 Å². The number of carbonyl (C=O) groups is 2. The Labute approximate surface area is 170 Å². The van der Waals surface area contributed by atoms with Gasteiger partial charge in [-0.25, -0.2) is 4.98 Å². The Bertz CT molecular complexity index is 870. The lowest BCUT2D eigenvalue weighted by Crippen LogP contribution is -2.49. The number of methoxy groups -OCH3 is 1. The molecule has 2 amide bonds. The molecule has 4 rings (SSSR count). The summed E-state index contributed by atoms with van der Waals surface area (Å²) in [6.07, 6.45) is 2.06. The molecule has 7 heteroatoms. The topological polar surface area (TPSA) is 66.0 Å². The van der Waals surface area contributed by atoms with Gasteiger partial charge in [0.2, 0.25) is 0 Å². The monoisotopic (exact) mass is 394 g/mol. The molecular formula is C22H26N4O3. The number of hydrogen-bond donors (Lipinski definition) is 0. The van der Waals surface area contributed by atoms with Gasteiger partial charge in [0.05, 0.1) is 7.11 Å². The van der Waals surface area contributed by atoms with Crippen molar-refractivity contribution in [2.45, 2.75) is 12.8 Å². The minimum Gasteiger partial charge on any atom is -0.497 e. The lowest BCUT2D eigenvalue weighted by molar-refractivity contribution is 0.0739. The van der Waals surface area contributed by atoms with Crippen LogP contribution < -0.4 is 9.64 Å². The molecule has 2 aromatic rings. The van der Waals surface area contributed by atoms with E-state index >= 15 is 0 Å². The number of benzene rings is 1. The summed E-state index contributed by atoms with van der Waals surface area (Å²) in [6, 6.07) is 13.1. The second kappa shape index (κ2) is 8.51. The van der Waals surface area contributed by atoms with E-state index < -0.39 is 0 Å². The highest BCUT2D eigenvalue weighted by molar-refractivity contribution is 5.96. The minimum atomic E-state index is -0.115. The number of amides is 2. The summed E-state index contributed by atoms with van der Waals surface area (Å²) in [4.78, 5) is 35.7. The van der Waals surface area contributed by atoms with Gasteiger partial charge in [0.25, 0.3) is 11.8 Å². The van der Waals surface area contributed by atoms with Crippen molar-refractivity contribution >= 4 is 17.5 Å². The van der Waals surface area contributed by atoms with Crippen LogP contribution in [0.15, 0.2) is 42.5 Å². The standard InChI is InChI=1S/C22H26N4O3/c1-29-18-9-7-17(8-10-18)24-13-15-26(16-14-24)22(28)20-6-4-5-19(23-20)21(27)25-11-2-3-12-25/h4-10H,2-3,11-16H2,1H3. The van der Waals surface area contributed by atoms with Crippen molar-refractivity contribution in [3.05, 3.63) is 53.9 Å². The summed E-state index contributed by atoms with van der Waals surface area (Å²) in [7, 11) is 1.65. The van der Waals surface area contributed by atoms with E-state index in [4.69, 9.17) is 4.74 Å². The smallest absolute Gasteiger partial charge is 0.272 e. The Kier molecular flexibility index (Phi) is 5.64. The van der Waals surface area contributed by atoms with Crippen LogP contribution in [0, 0.1) is 0 Å². The van der Waals surface area contributed by atoms with E-state index in [2.05, 4.69) is 9.88 Å². The number of rotatable bonds is 4. The molecule has 0 bridgehead atoms. The summed E-state index contributed by atoms with van der Waals surface area (Å²) in [5.41, 5.74) is 1.82. The third kappa shape index (κ3) is 4.18. The average molecular weight is 394 g/mol. The summed E-state index contributed by atoms with van der Waals surface area (Å²) in [5.74, 6) is 0.633. The van der Waals surface area contributed by atoms with Gasteiger partial charge in [-0.2, -0.15) is 0 Å². The van der Waals surface area contributed by atoms with Crippen LogP contribution in [0.25, 0.3) is 0 Å².